The first-order valence-electron chi connectivity index (χ1n) is 6.31. The van der Waals surface area contributed by atoms with Crippen LogP contribution in [-0.4, -0.2) is 16.1 Å². The molecule has 4 rings (SSSR count). The zero-order valence-corrected chi connectivity index (χ0v) is 11.2. The molecular formula is C16H10ClNO2. The number of fused-ring (bicyclic) bond motifs is 5. The van der Waals surface area contributed by atoms with Crippen molar-refractivity contribution >= 4 is 28.5 Å². The van der Waals surface area contributed by atoms with E-state index in [0.29, 0.717) is 10.6 Å². The minimum atomic E-state index is -0.897. The SMILES string of the molecule is O=C(O)c1cccc2[nH]c3c(c12)Cc1cc(Cl)ccc1-3. The Hall–Kier alpha value is -2.26. The van der Waals surface area contributed by atoms with Crippen molar-refractivity contribution in [3.05, 3.63) is 58.1 Å². The quantitative estimate of drug-likeness (QED) is 0.553. The highest BCUT2D eigenvalue weighted by atomic mass is 35.5. The van der Waals surface area contributed by atoms with Gasteiger partial charge < -0.3 is 10.1 Å². The van der Waals surface area contributed by atoms with Gasteiger partial charge >= 0.3 is 5.97 Å². The average Bonchev–Trinajstić information content (AvgIpc) is 2.93. The number of carboxylic acids is 1. The Kier molecular flexibility index (Phi) is 2.24. The molecule has 2 N–H and O–H groups in total. The number of carbonyl (C=O) groups is 1. The van der Waals surface area contributed by atoms with Gasteiger partial charge in [0.1, 0.15) is 0 Å². The van der Waals surface area contributed by atoms with E-state index < -0.39 is 5.97 Å². The lowest BCUT2D eigenvalue weighted by Gasteiger charge is -2.01. The second-order valence-electron chi connectivity index (χ2n) is 4.99. The zero-order valence-electron chi connectivity index (χ0n) is 10.4. The number of aromatic amines is 1. The molecule has 0 fully saturated rings. The van der Waals surface area contributed by atoms with Gasteiger partial charge in [-0.1, -0.05) is 23.7 Å². The van der Waals surface area contributed by atoms with Crippen molar-refractivity contribution in [3.8, 4) is 11.3 Å². The molecule has 0 atom stereocenters. The Morgan fingerprint density at radius 3 is 2.90 bits per heavy atom. The van der Waals surface area contributed by atoms with Gasteiger partial charge in [-0.2, -0.15) is 0 Å². The summed E-state index contributed by atoms with van der Waals surface area (Å²) in [5.41, 5.74) is 5.53. The zero-order chi connectivity index (χ0) is 13.9. The normalized spacial score (nSPS) is 12.4. The number of H-pyrrole nitrogens is 1. The van der Waals surface area contributed by atoms with Crippen LogP contribution in [0.3, 0.4) is 0 Å². The summed E-state index contributed by atoms with van der Waals surface area (Å²) in [7, 11) is 0. The van der Waals surface area contributed by atoms with E-state index in [2.05, 4.69) is 4.98 Å². The topological polar surface area (TPSA) is 53.1 Å². The summed E-state index contributed by atoms with van der Waals surface area (Å²) in [4.78, 5) is 14.7. The van der Waals surface area contributed by atoms with Crippen LogP contribution in [0.25, 0.3) is 22.2 Å². The molecule has 0 saturated carbocycles. The number of aromatic nitrogens is 1. The van der Waals surface area contributed by atoms with Crippen LogP contribution in [0, 0.1) is 0 Å². The highest BCUT2D eigenvalue weighted by molar-refractivity contribution is 6.30. The molecule has 0 radical (unpaired) electrons. The molecule has 0 amide bonds. The fraction of sp³-hybridized carbons (Fsp3) is 0.0625. The fourth-order valence-corrected chi connectivity index (χ4v) is 3.24. The second-order valence-corrected chi connectivity index (χ2v) is 5.43. The summed E-state index contributed by atoms with van der Waals surface area (Å²) >= 11 is 6.03. The summed E-state index contributed by atoms with van der Waals surface area (Å²) in [6.07, 6.45) is 0.718. The van der Waals surface area contributed by atoms with Crippen LogP contribution in [0.2, 0.25) is 5.02 Å². The molecule has 4 heteroatoms. The van der Waals surface area contributed by atoms with E-state index in [1.54, 1.807) is 12.1 Å². The van der Waals surface area contributed by atoms with Gasteiger partial charge in [-0.15, -0.1) is 0 Å². The number of hydrogen-bond acceptors (Lipinski definition) is 1. The third-order valence-corrected chi connectivity index (χ3v) is 4.10. The predicted molar refractivity (Wildman–Crippen MR) is 78.5 cm³/mol. The molecular weight excluding hydrogens is 274 g/mol. The number of rotatable bonds is 1. The lowest BCUT2D eigenvalue weighted by atomic mass is 10.0. The standard InChI is InChI=1S/C16H10ClNO2/c17-9-4-5-10-8(6-9)7-12-14-11(16(19)20)2-1-3-13(14)18-15(10)12/h1-6,18H,7H2,(H,19,20). The van der Waals surface area contributed by atoms with Gasteiger partial charge in [0.15, 0.2) is 0 Å². The second kappa shape index (κ2) is 3.87. The molecule has 1 aromatic heterocycles. The number of benzene rings is 2. The van der Waals surface area contributed by atoms with Crippen LogP contribution < -0.4 is 0 Å². The van der Waals surface area contributed by atoms with Crippen molar-refractivity contribution in [1.82, 2.24) is 4.98 Å². The molecule has 3 nitrogen and oxygen atoms in total. The molecule has 0 spiro atoms. The van der Waals surface area contributed by atoms with Gasteiger partial charge in [-0.3, -0.25) is 0 Å². The van der Waals surface area contributed by atoms with E-state index in [-0.39, 0.29) is 0 Å². The summed E-state index contributed by atoms with van der Waals surface area (Å²) in [5, 5.41) is 10.9. The van der Waals surface area contributed by atoms with E-state index in [1.165, 1.54) is 0 Å². The first-order chi connectivity index (χ1) is 9.65. The molecule has 98 valence electrons. The Morgan fingerprint density at radius 2 is 2.10 bits per heavy atom. The molecule has 1 aliphatic carbocycles. The van der Waals surface area contributed by atoms with Crippen molar-refractivity contribution in [1.29, 1.82) is 0 Å². The molecule has 3 aromatic rings. The Bertz CT molecular complexity index is 880. The first kappa shape index (κ1) is 11.6. The van der Waals surface area contributed by atoms with E-state index in [9.17, 15) is 9.90 Å². The maximum atomic E-state index is 11.4. The maximum Gasteiger partial charge on any atom is 0.336 e. The van der Waals surface area contributed by atoms with Crippen LogP contribution in [0.1, 0.15) is 21.5 Å². The lowest BCUT2D eigenvalue weighted by molar-refractivity contribution is 0.0699. The molecule has 0 bridgehead atoms. The summed E-state index contributed by atoms with van der Waals surface area (Å²) in [6, 6.07) is 11.1. The number of hydrogen-bond donors (Lipinski definition) is 2. The van der Waals surface area contributed by atoms with E-state index >= 15 is 0 Å². The molecule has 0 aliphatic heterocycles. The Labute approximate surface area is 119 Å². The van der Waals surface area contributed by atoms with E-state index in [0.717, 1.165) is 39.7 Å². The molecule has 1 heterocycles. The maximum absolute atomic E-state index is 11.4. The largest absolute Gasteiger partial charge is 0.478 e. The van der Waals surface area contributed by atoms with Gasteiger partial charge in [0.05, 0.1) is 11.3 Å². The van der Waals surface area contributed by atoms with Crippen LogP contribution >= 0.6 is 11.6 Å². The van der Waals surface area contributed by atoms with Crippen molar-refractivity contribution in [3.63, 3.8) is 0 Å². The van der Waals surface area contributed by atoms with Crippen LogP contribution in [0.5, 0.6) is 0 Å². The van der Waals surface area contributed by atoms with Crippen LogP contribution in [0.15, 0.2) is 36.4 Å². The highest BCUT2D eigenvalue weighted by Gasteiger charge is 2.25. The molecule has 20 heavy (non-hydrogen) atoms. The summed E-state index contributed by atoms with van der Waals surface area (Å²) in [6.45, 7) is 0. The fourth-order valence-electron chi connectivity index (χ4n) is 3.04. The predicted octanol–water partition coefficient (Wildman–Crippen LogP) is 4.09. The minimum Gasteiger partial charge on any atom is -0.478 e. The molecule has 1 aliphatic rings. The first-order valence-corrected chi connectivity index (χ1v) is 6.68. The summed E-state index contributed by atoms with van der Waals surface area (Å²) in [5.74, 6) is -0.897. The van der Waals surface area contributed by atoms with Crippen molar-refractivity contribution in [2.24, 2.45) is 0 Å². The van der Waals surface area contributed by atoms with E-state index in [4.69, 9.17) is 11.6 Å². The third-order valence-electron chi connectivity index (χ3n) is 3.86. The highest BCUT2D eigenvalue weighted by Crippen LogP contribution is 2.42. The number of nitrogens with one attached hydrogen (secondary N) is 1. The van der Waals surface area contributed by atoms with Crippen molar-refractivity contribution < 1.29 is 9.90 Å². The number of aromatic carboxylic acids is 1. The summed E-state index contributed by atoms with van der Waals surface area (Å²) < 4.78 is 0. The van der Waals surface area contributed by atoms with Gasteiger partial charge in [0.25, 0.3) is 0 Å². The van der Waals surface area contributed by atoms with Gasteiger partial charge in [0, 0.05) is 27.9 Å². The van der Waals surface area contributed by atoms with Crippen molar-refractivity contribution in [2.75, 3.05) is 0 Å². The molecule has 0 saturated heterocycles. The molecule has 2 aromatic carbocycles. The average molecular weight is 284 g/mol. The third kappa shape index (κ3) is 1.44. The Balaban J connectivity index is 2.06. The lowest BCUT2D eigenvalue weighted by Crippen LogP contribution is -1.97. The minimum absolute atomic E-state index is 0.346. The Morgan fingerprint density at radius 1 is 1.25 bits per heavy atom. The monoisotopic (exact) mass is 283 g/mol. The molecule has 0 unspecified atom stereocenters. The van der Waals surface area contributed by atoms with Crippen LogP contribution in [-0.2, 0) is 6.42 Å². The smallest absolute Gasteiger partial charge is 0.336 e. The van der Waals surface area contributed by atoms with Crippen LogP contribution in [0.4, 0.5) is 0 Å². The van der Waals surface area contributed by atoms with Gasteiger partial charge in [0.2, 0.25) is 0 Å². The van der Waals surface area contributed by atoms with E-state index in [1.807, 2.05) is 24.3 Å². The number of halogens is 1. The van der Waals surface area contributed by atoms with Crippen molar-refractivity contribution in [2.45, 2.75) is 6.42 Å². The number of carboxylic acid groups (broad SMARTS) is 1. The van der Waals surface area contributed by atoms with Gasteiger partial charge in [-0.25, -0.2) is 4.79 Å². The van der Waals surface area contributed by atoms with Gasteiger partial charge in [-0.05, 0) is 35.4 Å².